The van der Waals surface area contributed by atoms with Crippen LogP contribution in [0.1, 0.15) is 5.56 Å². The van der Waals surface area contributed by atoms with Gasteiger partial charge in [0.2, 0.25) is 6.79 Å². The van der Waals surface area contributed by atoms with Crippen molar-refractivity contribution in [2.24, 2.45) is 0 Å². The maximum absolute atomic E-state index is 5.44. The third-order valence-corrected chi connectivity index (χ3v) is 3.62. The van der Waals surface area contributed by atoms with E-state index in [1.807, 2.05) is 42.5 Å². The van der Waals surface area contributed by atoms with Crippen LogP contribution in [0.4, 0.5) is 5.69 Å². The zero-order chi connectivity index (χ0) is 16.8. The molecule has 0 saturated heterocycles. The number of hydrogen-bond acceptors (Lipinski definition) is 4. The molecule has 5 nitrogen and oxygen atoms in total. The molecule has 0 unspecified atom stereocenters. The molecule has 0 atom stereocenters. The van der Waals surface area contributed by atoms with Crippen LogP contribution >= 0.6 is 12.2 Å². The van der Waals surface area contributed by atoms with Crippen molar-refractivity contribution in [1.29, 1.82) is 0 Å². The Kier molecular flexibility index (Phi) is 5.18. The maximum atomic E-state index is 5.44. The monoisotopic (exact) mass is 342 g/mol. The van der Waals surface area contributed by atoms with Gasteiger partial charge in [0.25, 0.3) is 0 Å². The Morgan fingerprint density at radius 1 is 1.17 bits per heavy atom. The number of benzene rings is 2. The van der Waals surface area contributed by atoms with Crippen molar-refractivity contribution in [2.75, 3.05) is 18.7 Å². The molecule has 124 valence electrons. The standard InChI is InChI=1S/C18H18N2O3S/c1-2-9-21-15-6-4-14(5-7-15)20-18(24)19-11-13-3-8-16-17(10-13)23-12-22-16/h2-8,10H,1,9,11-12H2,(H2,19,20,24). The molecule has 1 heterocycles. The van der Waals surface area contributed by atoms with Gasteiger partial charge in [0.05, 0.1) is 0 Å². The number of fused-ring (bicyclic) bond motifs is 1. The molecule has 0 aromatic heterocycles. The van der Waals surface area contributed by atoms with Crippen LogP contribution in [0.3, 0.4) is 0 Å². The van der Waals surface area contributed by atoms with E-state index in [2.05, 4.69) is 17.2 Å². The van der Waals surface area contributed by atoms with E-state index in [-0.39, 0.29) is 6.79 Å². The van der Waals surface area contributed by atoms with E-state index in [0.717, 1.165) is 28.5 Å². The van der Waals surface area contributed by atoms with Crippen LogP contribution in [0.25, 0.3) is 0 Å². The van der Waals surface area contributed by atoms with Crippen LogP contribution in [0, 0.1) is 0 Å². The summed E-state index contributed by atoms with van der Waals surface area (Å²) in [7, 11) is 0. The Morgan fingerprint density at radius 2 is 1.96 bits per heavy atom. The third kappa shape index (κ3) is 4.17. The Morgan fingerprint density at radius 3 is 2.75 bits per heavy atom. The van der Waals surface area contributed by atoms with Crippen molar-refractivity contribution < 1.29 is 14.2 Å². The average Bonchev–Trinajstić information content (AvgIpc) is 3.07. The van der Waals surface area contributed by atoms with Gasteiger partial charge in [-0.1, -0.05) is 18.7 Å². The minimum Gasteiger partial charge on any atom is -0.490 e. The summed E-state index contributed by atoms with van der Waals surface area (Å²) in [4.78, 5) is 0. The lowest BCUT2D eigenvalue weighted by molar-refractivity contribution is 0.174. The van der Waals surface area contributed by atoms with E-state index in [0.29, 0.717) is 18.3 Å². The first kappa shape index (κ1) is 16.1. The molecule has 0 fully saturated rings. The van der Waals surface area contributed by atoms with Crippen LogP contribution in [0.15, 0.2) is 55.1 Å². The number of thiocarbonyl (C=S) groups is 1. The Balaban J connectivity index is 1.49. The maximum Gasteiger partial charge on any atom is 0.231 e. The Hall–Kier alpha value is -2.73. The number of hydrogen-bond donors (Lipinski definition) is 2. The van der Waals surface area contributed by atoms with E-state index in [1.54, 1.807) is 6.08 Å². The van der Waals surface area contributed by atoms with Crippen molar-refractivity contribution in [3.8, 4) is 17.2 Å². The van der Waals surface area contributed by atoms with Gasteiger partial charge in [-0.3, -0.25) is 0 Å². The molecule has 0 saturated carbocycles. The van der Waals surface area contributed by atoms with Gasteiger partial charge in [0, 0.05) is 12.2 Å². The van der Waals surface area contributed by atoms with Gasteiger partial charge in [-0.05, 0) is 54.2 Å². The highest BCUT2D eigenvalue weighted by Crippen LogP contribution is 2.32. The summed E-state index contributed by atoms with van der Waals surface area (Å²) in [6.45, 7) is 4.98. The molecular weight excluding hydrogens is 324 g/mol. The Bertz CT molecular complexity index is 732. The summed E-state index contributed by atoms with van der Waals surface area (Å²) < 4.78 is 16.1. The molecule has 0 radical (unpaired) electrons. The third-order valence-electron chi connectivity index (χ3n) is 3.37. The van der Waals surface area contributed by atoms with Gasteiger partial charge >= 0.3 is 0 Å². The minimum absolute atomic E-state index is 0.276. The summed E-state index contributed by atoms with van der Waals surface area (Å²) in [5, 5.41) is 6.85. The number of nitrogens with one attached hydrogen (secondary N) is 2. The van der Waals surface area contributed by atoms with Gasteiger partial charge in [0.15, 0.2) is 16.6 Å². The molecular formula is C18H18N2O3S. The molecule has 0 spiro atoms. The summed E-state index contributed by atoms with van der Waals surface area (Å²) in [6.07, 6.45) is 1.71. The largest absolute Gasteiger partial charge is 0.490 e. The van der Waals surface area contributed by atoms with Crippen LogP contribution in [0.5, 0.6) is 17.2 Å². The highest BCUT2D eigenvalue weighted by atomic mass is 32.1. The smallest absolute Gasteiger partial charge is 0.231 e. The lowest BCUT2D eigenvalue weighted by atomic mass is 10.2. The lowest BCUT2D eigenvalue weighted by Gasteiger charge is -2.11. The first-order chi connectivity index (χ1) is 11.7. The average molecular weight is 342 g/mol. The van der Waals surface area contributed by atoms with Crippen molar-refractivity contribution in [2.45, 2.75) is 6.54 Å². The van der Waals surface area contributed by atoms with Gasteiger partial charge in [0.1, 0.15) is 12.4 Å². The zero-order valence-corrected chi connectivity index (χ0v) is 13.9. The van der Waals surface area contributed by atoms with Crippen molar-refractivity contribution in [3.63, 3.8) is 0 Å². The fourth-order valence-electron chi connectivity index (χ4n) is 2.20. The second-order valence-electron chi connectivity index (χ2n) is 5.12. The molecule has 1 aliphatic rings. The van der Waals surface area contributed by atoms with E-state index < -0.39 is 0 Å². The molecule has 0 aliphatic carbocycles. The summed E-state index contributed by atoms with van der Waals surface area (Å²) in [5.41, 5.74) is 1.96. The van der Waals surface area contributed by atoms with E-state index in [1.165, 1.54) is 0 Å². The van der Waals surface area contributed by atoms with Crippen molar-refractivity contribution >= 4 is 23.0 Å². The molecule has 2 aromatic rings. The number of rotatable bonds is 6. The topological polar surface area (TPSA) is 51.8 Å². The first-order valence-electron chi connectivity index (χ1n) is 7.52. The first-order valence-corrected chi connectivity index (χ1v) is 7.92. The molecule has 1 aliphatic heterocycles. The van der Waals surface area contributed by atoms with Gasteiger partial charge < -0.3 is 24.8 Å². The highest BCUT2D eigenvalue weighted by molar-refractivity contribution is 7.80. The van der Waals surface area contributed by atoms with Crippen LogP contribution < -0.4 is 24.8 Å². The summed E-state index contributed by atoms with van der Waals surface area (Å²) in [5.74, 6) is 2.33. The van der Waals surface area contributed by atoms with Crippen LogP contribution in [-0.2, 0) is 6.54 Å². The molecule has 3 rings (SSSR count). The fraction of sp³-hybridized carbons (Fsp3) is 0.167. The highest BCUT2D eigenvalue weighted by Gasteiger charge is 2.13. The predicted molar refractivity (Wildman–Crippen MR) is 97.8 cm³/mol. The molecule has 24 heavy (non-hydrogen) atoms. The lowest BCUT2D eigenvalue weighted by Crippen LogP contribution is -2.27. The predicted octanol–water partition coefficient (Wildman–Crippen LogP) is 3.47. The Labute approximate surface area is 146 Å². The van der Waals surface area contributed by atoms with Crippen molar-refractivity contribution in [1.82, 2.24) is 5.32 Å². The SMILES string of the molecule is C=CCOc1ccc(NC(=S)NCc2ccc3c(c2)OCO3)cc1. The van der Waals surface area contributed by atoms with E-state index in [9.17, 15) is 0 Å². The van der Waals surface area contributed by atoms with Gasteiger partial charge in [-0.15, -0.1) is 0 Å². The van der Waals surface area contributed by atoms with E-state index in [4.69, 9.17) is 26.4 Å². The van der Waals surface area contributed by atoms with Crippen LogP contribution in [0.2, 0.25) is 0 Å². The second kappa shape index (κ2) is 7.70. The molecule has 2 aromatic carbocycles. The van der Waals surface area contributed by atoms with Crippen LogP contribution in [-0.4, -0.2) is 18.5 Å². The summed E-state index contributed by atoms with van der Waals surface area (Å²) >= 11 is 5.31. The van der Waals surface area contributed by atoms with Gasteiger partial charge in [-0.25, -0.2) is 0 Å². The molecule has 2 N–H and O–H groups in total. The van der Waals surface area contributed by atoms with Crippen molar-refractivity contribution in [3.05, 3.63) is 60.7 Å². The van der Waals surface area contributed by atoms with Gasteiger partial charge in [-0.2, -0.15) is 0 Å². The molecule has 6 heteroatoms. The fourth-order valence-corrected chi connectivity index (χ4v) is 2.39. The second-order valence-corrected chi connectivity index (χ2v) is 5.53. The number of ether oxygens (including phenoxy) is 3. The molecule has 0 bridgehead atoms. The quantitative estimate of drug-likeness (QED) is 0.619. The zero-order valence-electron chi connectivity index (χ0n) is 13.1. The summed E-state index contributed by atoms with van der Waals surface area (Å²) in [6, 6.07) is 13.4. The van der Waals surface area contributed by atoms with E-state index >= 15 is 0 Å². The number of anilines is 1. The minimum atomic E-state index is 0.276. The molecule has 0 amide bonds. The normalized spacial score (nSPS) is 11.7.